The van der Waals surface area contributed by atoms with Crippen LogP contribution in [-0.4, -0.2) is 29.3 Å². The quantitative estimate of drug-likeness (QED) is 0.902. The van der Waals surface area contributed by atoms with Crippen LogP contribution in [0, 0.1) is 0 Å². The van der Waals surface area contributed by atoms with Gasteiger partial charge in [0.25, 0.3) is 5.91 Å². The van der Waals surface area contributed by atoms with Gasteiger partial charge in [0.2, 0.25) is 0 Å². The Morgan fingerprint density at radius 2 is 1.95 bits per heavy atom. The Bertz CT molecular complexity index is 511. The highest BCUT2D eigenvalue weighted by Crippen LogP contribution is 2.33. The summed E-state index contributed by atoms with van der Waals surface area (Å²) in [7, 11) is 0. The number of benzene rings is 1. The Morgan fingerprint density at radius 3 is 2.62 bits per heavy atom. The van der Waals surface area contributed by atoms with E-state index in [4.69, 9.17) is 16.3 Å². The first-order chi connectivity index (χ1) is 10.1. The number of aliphatic hydroxyl groups is 1. The molecular weight excluding hydrogens is 290 g/mol. The molecular formula is C16H20ClNO3. The van der Waals surface area contributed by atoms with E-state index in [0.717, 1.165) is 24.8 Å². The molecule has 2 atom stereocenters. The fourth-order valence-corrected chi connectivity index (χ4v) is 3.33. The Morgan fingerprint density at radius 1 is 1.29 bits per heavy atom. The highest BCUT2D eigenvalue weighted by atomic mass is 35.5. The lowest BCUT2D eigenvalue weighted by molar-refractivity contribution is -0.140. The first-order valence-electron chi connectivity index (χ1n) is 7.49. The lowest BCUT2D eigenvalue weighted by Crippen LogP contribution is -2.49. The first-order valence-corrected chi connectivity index (χ1v) is 7.87. The van der Waals surface area contributed by atoms with E-state index in [2.05, 4.69) is 5.32 Å². The van der Waals surface area contributed by atoms with Gasteiger partial charge >= 0.3 is 0 Å². The largest absolute Gasteiger partial charge is 0.380 e. The first kappa shape index (κ1) is 14.8. The van der Waals surface area contributed by atoms with Gasteiger partial charge in [-0.25, -0.2) is 0 Å². The summed E-state index contributed by atoms with van der Waals surface area (Å²) in [5.74, 6) is -0.255. The van der Waals surface area contributed by atoms with E-state index < -0.39 is 5.60 Å². The van der Waals surface area contributed by atoms with Crippen LogP contribution in [0.4, 0.5) is 0 Å². The van der Waals surface area contributed by atoms with Crippen molar-refractivity contribution in [1.29, 1.82) is 0 Å². The number of carbonyl (C=O) groups is 1. The molecule has 0 radical (unpaired) electrons. The Hall–Kier alpha value is -1.10. The predicted molar refractivity (Wildman–Crippen MR) is 80.1 cm³/mol. The molecule has 21 heavy (non-hydrogen) atoms. The van der Waals surface area contributed by atoms with E-state index in [-0.39, 0.29) is 18.1 Å². The molecule has 2 N–H and O–H groups in total. The van der Waals surface area contributed by atoms with E-state index >= 15 is 0 Å². The lowest BCUT2D eigenvalue weighted by Gasteiger charge is -2.26. The summed E-state index contributed by atoms with van der Waals surface area (Å²) < 4.78 is 5.75. The van der Waals surface area contributed by atoms with Crippen LogP contribution < -0.4 is 5.32 Å². The van der Waals surface area contributed by atoms with E-state index in [1.165, 1.54) is 0 Å². The summed E-state index contributed by atoms with van der Waals surface area (Å²) in [6.45, 7) is 0.608. The van der Waals surface area contributed by atoms with Crippen molar-refractivity contribution in [3.05, 3.63) is 34.9 Å². The molecule has 2 fully saturated rings. The van der Waals surface area contributed by atoms with Crippen molar-refractivity contribution in [1.82, 2.24) is 5.32 Å². The van der Waals surface area contributed by atoms with Crippen molar-refractivity contribution < 1.29 is 14.6 Å². The summed E-state index contributed by atoms with van der Waals surface area (Å²) in [6.07, 6.45) is 3.51. The van der Waals surface area contributed by atoms with Gasteiger partial charge in [0.1, 0.15) is 11.7 Å². The van der Waals surface area contributed by atoms with Crippen LogP contribution in [0.25, 0.3) is 0 Å². The van der Waals surface area contributed by atoms with Gasteiger partial charge in [0.05, 0.1) is 6.04 Å². The standard InChI is InChI=1S/C16H20ClNO3/c17-12-5-3-11(4-6-12)14-13(7-10-21-14)18-15(19)16(20)8-1-2-9-16/h3-6,13-14,20H,1-2,7-10H2,(H,18,19). The minimum absolute atomic E-state index is 0.0942. The van der Waals surface area contributed by atoms with Gasteiger partial charge in [-0.2, -0.15) is 0 Å². The summed E-state index contributed by atoms with van der Waals surface area (Å²) in [5.41, 5.74) is -0.187. The monoisotopic (exact) mass is 309 g/mol. The van der Waals surface area contributed by atoms with Crippen molar-refractivity contribution in [3.8, 4) is 0 Å². The maximum absolute atomic E-state index is 12.3. The van der Waals surface area contributed by atoms with Crippen LogP contribution in [0.5, 0.6) is 0 Å². The predicted octanol–water partition coefficient (Wildman–Crippen LogP) is 2.59. The van der Waals surface area contributed by atoms with Gasteiger partial charge in [0, 0.05) is 11.6 Å². The molecule has 3 rings (SSSR count). The van der Waals surface area contributed by atoms with Crippen molar-refractivity contribution in [2.24, 2.45) is 0 Å². The minimum atomic E-state index is -1.19. The highest BCUT2D eigenvalue weighted by molar-refractivity contribution is 6.30. The zero-order chi connectivity index (χ0) is 14.9. The van der Waals surface area contributed by atoms with Crippen molar-refractivity contribution >= 4 is 17.5 Å². The Labute approximate surface area is 129 Å². The van der Waals surface area contributed by atoms with Crippen molar-refractivity contribution in [3.63, 3.8) is 0 Å². The number of carbonyl (C=O) groups excluding carboxylic acids is 1. The van der Waals surface area contributed by atoms with Crippen LogP contribution in [0.2, 0.25) is 5.02 Å². The summed E-state index contributed by atoms with van der Waals surface area (Å²) in [6, 6.07) is 7.39. The molecule has 1 aliphatic carbocycles. The Balaban J connectivity index is 1.69. The van der Waals surface area contributed by atoms with E-state index in [0.29, 0.717) is 24.5 Å². The number of halogens is 1. The van der Waals surface area contributed by atoms with Gasteiger partial charge in [-0.05, 0) is 49.8 Å². The molecule has 5 heteroatoms. The van der Waals surface area contributed by atoms with E-state index in [1.807, 2.05) is 24.3 Å². The third-order valence-electron chi connectivity index (χ3n) is 4.46. The highest BCUT2D eigenvalue weighted by Gasteiger charge is 2.41. The normalized spacial score (nSPS) is 27.7. The van der Waals surface area contributed by atoms with E-state index in [1.54, 1.807) is 0 Å². The molecule has 1 saturated heterocycles. The third kappa shape index (κ3) is 3.07. The molecule has 1 saturated carbocycles. The smallest absolute Gasteiger partial charge is 0.252 e. The SMILES string of the molecule is O=C(NC1CCOC1c1ccc(Cl)cc1)C1(O)CCCC1. The molecule has 1 heterocycles. The molecule has 0 spiro atoms. The van der Waals surface area contributed by atoms with E-state index in [9.17, 15) is 9.90 Å². The molecule has 114 valence electrons. The van der Waals surface area contributed by atoms with Crippen LogP contribution in [-0.2, 0) is 9.53 Å². The summed E-state index contributed by atoms with van der Waals surface area (Å²) >= 11 is 5.90. The second kappa shape index (κ2) is 5.95. The van der Waals surface area contributed by atoms with Crippen LogP contribution >= 0.6 is 11.6 Å². The molecule has 0 bridgehead atoms. The minimum Gasteiger partial charge on any atom is -0.380 e. The van der Waals surface area contributed by atoms with Crippen molar-refractivity contribution in [2.45, 2.75) is 49.9 Å². The van der Waals surface area contributed by atoms with Gasteiger partial charge in [-0.15, -0.1) is 0 Å². The molecule has 2 aliphatic rings. The topological polar surface area (TPSA) is 58.6 Å². The molecule has 1 aliphatic heterocycles. The molecule has 4 nitrogen and oxygen atoms in total. The fraction of sp³-hybridized carbons (Fsp3) is 0.562. The number of nitrogens with one attached hydrogen (secondary N) is 1. The average molecular weight is 310 g/mol. The Kier molecular flexibility index (Phi) is 4.20. The van der Waals surface area contributed by atoms with Gasteiger partial charge in [0.15, 0.2) is 0 Å². The summed E-state index contributed by atoms with van der Waals surface area (Å²) in [4.78, 5) is 12.3. The third-order valence-corrected chi connectivity index (χ3v) is 4.71. The van der Waals surface area contributed by atoms with Gasteiger partial charge in [-0.3, -0.25) is 4.79 Å². The van der Waals surface area contributed by atoms with Gasteiger partial charge in [-0.1, -0.05) is 23.7 Å². The number of ether oxygens (including phenoxy) is 1. The number of rotatable bonds is 3. The van der Waals surface area contributed by atoms with Crippen LogP contribution in [0.15, 0.2) is 24.3 Å². The van der Waals surface area contributed by atoms with Crippen LogP contribution in [0.1, 0.15) is 43.8 Å². The maximum Gasteiger partial charge on any atom is 0.252 e. The zero-order valence-corrected chi connectivity index (χ0v) is 12.6. The second-order valence-electron chi connectivity index (χ2n) is 5.95. The fourth-order valence-electron chi connectivity index (χ4n) is 3.21. The van der Waals surface area contributed by atoms with Gasteiger partial charge < -0.3 is 15.2 Å². The maximum atomic E-state index is 12.3. The van der Waals surface area contributed by atoms with Crippen LogP contribution in [0.3, 0.4) is 0 Å². The average Bonchev–Trinajstić information content (AvgIpc) is 3.10. The molecule has 1 aromatic carbocycles. The second-order valence-corrected chi connectivity index (χ2v) is 6.39. The number of amides is 1. The molecule has 0 aromatic heterocycles. The zero-order valence-electron chi connectivity index (χ0n) is 11.8. The number of hydrogen-bond donors (Lipinski definition) is 2. The molecule has 1 amide bonds. The molecule has 2 unspecified atom stereocenters. The number of hydrogen-bond acceptors (Lipinski definition) is 3. The summed E-state index contributed by atoms with van der Waals surface area (Å²) in [5, 5.41) is 14.0. The van der Waals surface area contributed by atoms with Crippen molar-refractivity contribution in [2.75, 3.05) is 6.61 Å². The lowest BCUT2D eigenvalue weighted by atomic mass is 9.98. The molecule has 1 aromatic rings.